The van der Waals surface area contributed by atoms with Gasteiger partial charge in [-0.2, -0.15) is 4.98 Å². The lowest BCUT2D eigenvalue weighted by Crippen LogP contribution is -1.93. The molecule has 18 heavy (non-hydrogen) atoms. The minimum absolute atomic E-state index is 0.150. The van der Waals surface area contributed by atoms with E-state index < -0.39 is 0 Å². The van der Waals surface area contributed by atoms with Crippen LogP contribution in [0.15, 0.2) is 42.5 Å². The van der Waals surface area contributed by atoms with Crippen LogP contribution in [0.1, 0.15) is 5.56 Å². The summed E-state index contributed by atoms with van der Waals surface area (Å²) in [6.07, 6.45) is 0.650. The lowest BCUT2D eigenvalue weighted by atomic mass is 10.1. The Labute approximate surface area is 106 Å². The standard InChI is InChI=1S/C14H15NO3/c1-17-13-3-2-4-14(15-13)18-12-7-5-11(6-8-12)9-10-16/h2-8,16H,9-10H2,1H3. The smallest absolute Gasteiger partial charge is 0.222 e. The summed E-state index contributed by atoms with van der Waals surface area (Å²) in [5, 5.41) is 8.83. The number of nitrogens with zero attached hydrogens (tertiary/aromatic N) is 1. The number of methoxy groups -OCH3 is 1. The topological polar surface area (TPSA) is 51.6 Å². The zero-order valence-corrected chi connectivity index (χ0v) is 10.2. The average molecular weight is 245 g/mol. The molecule has 4 nitrogen and oxygen atoms in total. The van der Waals surface area contributed by atoms with Gasteiger partial charge in [-0.1, -0.05) is 18.2 Å². The fourth-order valence-electron chi connectivity index (χ4n) is 1.54. The van der Waals surface area contributed by atoms with Crippen LogP contribution in [-0.4, -0.2) is 23.8 Å². The molecule has 0 fully saturated rings. The van der Waals surface area contributed by atoms with E-state index in [4.69, 9.17) is 14.6 Å². The highest BCUT2D eigenvalue weighted by molar-refractivity contribution is 5.31. The van der Waals surface area contributed by atoms with Crippen molar-refractivity contribution in [2.45, 2.75) is 6.42 Å². The number of aromatic nitrogens is 1. The number of pyridine rings is 1. The molecule has 0 aliphatic rings. The van der Waals surface area contributed by atoms with E-state index >= 15 is 0 Å². The molecule has 0 aliphatic carbocycles. The van der Waals surface area contributed by atoms with Crippen LogP contribution in [-0.2, 0) is 6.42 Å². The third kappa shape index (κ3) is 3.21. The summed E-state index contributed by atoms with van der Waals surface area (Å²) >= 11 is 0. The summed E-state index contributed by atoms with van der Waals surface area (Å²) < 4.78 is 10.6. The van der Waals surface area contributed by atoms with E-state index in [1.807, 2.05) is 30.3 Å². The van der Waals surface area contributed by atoms with E-state index in [1.165, 1.54) is 0 Å². The van der Waals surface area contributed by atoms with Gasteiger partial charge in [0.1, 0.15) is 5.75 Å². The fourth-order valence-corrected chi connectivity index (χ4v) is 1.54. The summed E-state index contributed by atoms with van der Waals surface area (Å²) in [5.74, 6) is 1.71. The van der Waals surface area contributed by atoms with E-state index in [9.17, 15) is 0 Å². The number of hydrogen-bond donors (Lipinski definition) is 1. The van der Waals surface area contributed by atoms with Crippen molar-refractivity contribution < 1.29 is 14.6 Å². The Bertz CT molecular complexity index is 497. The van der Waals surface area contributed by atoms with Crippen molar-refractivity contribution in [1.82, 2.24) is 4.98 Å². The maximum atomic E-state index is 8.83. The van der Waals surface area contributed by atoms with Gasteiger partial charge in [0, 0.05) is 18.7 Å². The maximum Gasteiger partial charge on any atom is 0.222 e. The predicted octanol–water partition coefficient (Wildman–Crippen LogP) is 2.42. The zero-order valence-electron chi connectivity index (χ0n) is 10.2. The molecule has 0 saturated carbocycles. The van der Waals surface area contributed by atoms with Gasteiger partial charge in [0.05, 0.1) is 7.11 Å². The van der Waals surface area contributed by atoms with Crippen LogP contribution in [0.3, 0.4) is 0 Å². The molecule has 0 unspecified atom stereocenters. The number of benzene rings is 1. The second-order valence-corrected chi connectivity index (χ2v) is 3.74. The monoisotopic (exact) mass is 245 g/mol. The fraction of sp³-hybridized carbons (Fsp3) is 0.214. The minimum Gasteiger partial charge on any atom is -0.481 e. The third-order valence-electron chi connectivity index (χ3n) is 2.45. The molecule has 0 atom stereocenters. The van der Waals surface area contributed by atoms with Crippen molar-refractivity contribution in [1.29, 1.82) is 0 Å². The maximum absolute atomic E-state index is 8.83. The largest absolute Gasteiger partial charge is 0.481 e. The van der Waals surface area contributed by atoms with Gasteiger partial charge in [-0.15, -0.1) is 0 Å². The van der Waals surface area contributed by atoms with Gasteiger partial charge < -0.3 is 14.6 Å². The molecule has 0 spiro atoms. The first-order chi connectivity index (χ1) is 8.81. The number of hydrogen-bond acceptors (Lipinski definition) is 4. The summed E-state index contributed by atoms with van der Waals surface area (Å²) in [4.78, 5) is 4.16. The molecule has 0 amide bonds. The summed E-state index contributed by atoms with van der Waals surface area (Å²) in [6.45, 7) is 0.150. The van der Waals surface area contributed by atoms with E-state index in [0.717, 1.165) is 5.56 Å². The SMILES string of the molecule is COc1cccc(Oc2ccc(CCO)cc2)n1. The Morgan fingerprint density at radius 1 is 1.06 bits per heavy atom. The Kier molecular flexibility index (Phi) is 4.15. The molecular weight excluding hydrogens is 230 g/mol. The Hall–Kier alpha value is -2.07. The second-order valence-electron chi connectivity index (χ2n) is 3.74. The van der Waals surface area contributed by atoms with Crippen molar-refractivity contribution in [3.8, 4) is 17.5 Å². The van der Waals surface area contributed by atoms with Crippen LogP contribution >= 0.6 is 0 Å². The molecule has 2 rings (SSSR count). The van der Waals surface area contributed by atoms with E-state index in [-0.39, 0.29) is 6.61 Å². The molecule has 1 aromatic carbocycles. The highest BCUT2D eigenvalue weighted by atomic mass is 16.5. The summed E-state index contributed by atoms with van der Waals surface area (Å²) in [7, 11) is 1.57. The third-order valence-corrected chi connectivity index (χ3v) is 2.45. The van der Waals surface area contributed by atoms with Gasteiger partial charge in [0.15, 0.2) is 0 Å². The molecule has 1 aromatic heterocycles. The van der Waals surface area contributed by atoms with Gasteiger partial charge in [-0.05, 0) is 24.1 Å². The summed E-state index contributed by atoms with van der Waals surface area (Å²) in [6, 6.07) is 12.9. The summed E-state index contributed by atoms with van der Waals surface area (Å²) in [5.41, 5.74) is 1.07. The molecular formula is C14H15NO3. The minimum atomic E-state index is 0.150. The van der Waals surface area contributed by atoms with Crippen molar-refractivity contribution >= 4 is 0 Å². The Balaban J connectivity index is 2.08. The van der Waals surface area contributed by atoms with Crippen molar-refractivity contribution in [3.63, 3.8) is 0 Å². The van der Waals surface area contributed by atoms with Crippen molar-refractivity contribution in [2.24, 2.45) is 0 Å². The van der Waals surface area contributed by atoms with Crippen molar-refractivity contribution in [2.75, 3.05) is 13.7 Å². The Morgan fingerprint density at radius 3 is 2.44 bits per heavy atom. The number of ether oxygens (including phenoxy) is 2. The van der Waals surface area contributed by atoms with Gasteiger partial charge in [-0.25, -0.2) is 0 Å². The molecule has 0 radical (unpaired) electrons. The molecule has 0 aliphatic heterocycles. The van der Waals surface area contributed by atoms with E-state index in [0.29, 0.717) is 23.9 Å². The highest BCUT2D eigenvalue weighted by Crippen LogP contribution is 2.21. The molecule has 0 bridgehead atoms. The highest BCUT2D eigenvalue weighted by Gasteiger charge is 2.01. The van der Waals surface area contributed by atoms with E-state index in [2.05, 4.69) is 4.98 Å². The average Bonchev–Trinajstić information content (AvgIpc) is 2.42. The second kappa shape index (κ2) is 6.02. The van der Waals surface area contributed by atoms with Crippen LogP contribution in [0.25, 0.3) is 0 Å². The predicted molar refractivity (Wildman–Crippen MR) is 68.1 cm³/mol. The quantitative estimate of drug-likeness (QED) is 0.879. The van der Waals surface area contributed by atoms with Gasteiger partial charge in [0.25, 0.3) is 0 Å². The molecule has 1 N–H and O–H groups in total. The lowest BCUT2D eigenvalue weighted by molar-refractivity contribution is 0.299. The zero-order chi connectivity index (χ0) is 12.8. The van der Waals surface area contributed by atoms with Crippen LogP contribution in [0.4, 0.5) is 0 Å². The normalized spacial score (nSPS) is 10.1. The number of rotatable bonds is 5. The Morgan fingerprint density at radius 2 is 1.78 bits per heavy atom. The molecule has 2 aromatic rings. The molecule has 94 valence electrons. The molecule has 0 saturated heterocycles. The van der Waals surface area contributed by atoms with Gasteiger partial charge >= 0.3 is 0 Å². The lowest BCUT2D eigenvalue weighted by Gasteiger charge is -2.06. The van der Waals surface area contributed by atoms with Crippen LogP contribution in [0, 0.1) is 0 Å². The number of aliphatic hydroxyl groups is 1. The van der Waals surface area contributed by atoms with E-state index in [1.54, 1.807) is 19.2 Å². The van der Waals surface area contributed by atoms with Crippen LogP contribution in [0.2, 0.25) is 0 Å². The molecule has 4 heteroatoms. The van der Waals surface area contributed by atoms with Gasteiger partial charge in [-0.3, -0.25) is 0 Å². The molecule has 1 heterocycles. The first-order valence-corrected chi connectivity index (χ1v) is 5.70. The van der Waals surface area contributed by atoms with Crippen LogP contribution < -0.4 is 9.47 Å². The number of aliphatic hydroxyl groups excluding tert-OH is 1. The first-order valence-electron chi connectivity index (χ1n) is 5.70. The van der Waals surface area contributed by atoms with Crippen molar-refractivity contribution in [3.05, 3.63) is 48.0 Å². The van der Waals surface area contributed by atoms with Gasteiger partial charge in [0.2, 0.25) is 11.8 Å². The first kappa shape index (κ1) is 12.4. The van der Waals surface area contributed by atoms with Crippen LogP contribution in [0.5, 0.6) is 17.5 Å².